The van der Waals surface area contributed by atoms with Gasteiger partial charge >= 0.3 is 0 Å². The molecular weight excluding hydrogens is 621 g/mol. The highest BCUT2D eigenvalue weighted by Gasteiger charge is 2.18. The predicted octanol–water partition coefficient (Wildman–Crippen LogP) is 11.9. The molecule has 0 radical (unpaired) electrons. The van der Waals surface area contributed by atoms with E-state index in [0.717, 1.165) is 66.8 Å². The third-order valence-electron chi connectivity index (χ3n) is 9.79. The normalized spacial score (nSPS) is 11.5. The summed E-state index contributed by atoms with van der Waals surface area (Å²) in [5.74, 6) is 0.687. The minimum atomic E-state index is 0.687. The predicted molar refractivity (Wildman–Crippen MR) is 211 cm³/mol. The monoisotopic (exact) mass is 650 g/mol. The first-order valence-corrected chi connectivity index (χ1v) is 17.2. The number of aromatic nitrogens is 4. The van der Waals surface area contributed by atoms with Gasteiger partial charge in [0.05, 0.1) is 33.6 Å². The van der Waals surface area contributed by atoms with Gasteiger partial charge in [-0.1, -0.05) is 140 Å². The van der Waals surface area contributed by atoms with Gasteiger partial charge in [0.15, 0.2) is 5.82 Å². The largest absolute Gasteiger partial charge is 0.309 e. The topological polar surface area (TPSA) is 43.6 Å². The van der Waals surface area contributed by atoms with Gasteiger partial charge in [-0.3, -0.25) is 0 Å². The molecule has 0 saturated carbocycles. The van der Waals surface area contributed by atoms with Crippen molar-refractivity contribution in [2.24, 2.45) is 0 Å². The lowest BCUT2D eigenvalue weighted by Crippen LogP contribution is -1.96. The van der Waals surface area contributed by atoms with Crippen LogP contribution in [0.25, 0.3) is 94.3 Å². The smallest absolute Gasteiger partial charge is 0.160 e. The van der Waals surface area contributed by atoms with Crippen molar-refractivity contribution < 1.29 is 0 Å². The summed E-state index contributed by atoms with van der Waals surface area (Å²) in [6.07, 6.45) is 0. The van der Waals surface area contributed by atoms with Gasteiger partial charge < -0.3 is 4.57 Å². The highest BCUT2D eigenvalue weighted by molar-refractivity contribution is 6.20. The zero-order chi connectivity index (χ0) is 33.7. The summed E-state index contributed by atoms with van der Waals surface area (Å²) in [4.78, 5) is 15.4. The van der Waals surface area contributed by atoms with Gasteiger partial charge in [0.1, 0.15) is 0 Å². The van der Waals surface area contributed by atoms with Crippen LogP contribution in [-0.4, -0.2) is 19.5 Å². The van der Waals surface area contributed by atoms with Gasteiger partial charge in [-0.05, 0) is 47.9 Å². The van der Waals surface area contributed by atoms with Gasteiger partial charge in [0, 0.05) is 49.5 Å². The second kappa shape index (κ2) is 11.9. The van der Waals surface area contributed by atoms with Crippen LogP contribution < -0.4 is 0 Å². The summed E-state index contributed by atoms with van der Waals surface area (Å²) >= 11 is 0. The van der Waals surface area contributed by atoms with Crippen molar-refractivity contribution in [3.8, 4) is 50.8 Å². The van der Waals surface area contributed by atoms with Gasteiger partial charge in [-0.25, -0.2) is 15.0 Å². The van der Waals surface area contributed by atoms with Gasteiger partial charge in [-0.2, -0.15) is 0 Å². The molecule has 0 spiro atoms. The van der Waals surface area contributed by atoms with Crippen molar-refractivity contribution in [2.75, 3.05) is 0 Å². The molecule has 0 aliphatic carbocycles. The fourth-order valence-electron chi connectivity index (χ4n) is 7.36. The molecule has 0 N–H and O–H groups in total. The molecule has 0 fully saturated rings. The summed E-state index contributed by atoms with van der Waals surface area (Å²) in [6.45, 7) is 0. The molecular formula is C47H30N4. The quantitative estimate of drug-likeness (QED) is 0.174. The Morgan fingerprint density at radius 1 is 0.333 bits per heavy atom. The number of benzene rings is 7. The average Bonchev–Trinajstić information content (AvgIpc) is 3.54. The zero-order valence-electron chi connectivity index (χ0n) is 27.6. The summed E-state index contributed by atoms with van der Waals surface area (Å²) < 4.78 is 2.37. The molecule has 0 aliphatic rings. The van der Waals surface area contributed by atoms with E-state index in [1.54, 1.807) is 0 Å². The molecule has 10 aromatic rings. The van der Waals surface area contributed by atoms with Gasteiger partial charge in [0.25, 0.3) is 0 Å². The van der Waals surface area contributed by atoms with Crippen LogP contribution in [-0.2, 0) is 0 Å². The van der Waals surface area contributed by atoms with Crippen molar-refractivity contribution in [1.29, 1.82) is 0 Å². The highest BCUT2D eigenvalue weighted by Crippen LogP contribution is 2.40. The lowest BCUT2D eigenvalue weighted by Gasteiger charge is -2.13. The van der Waals surface area contributed by atoms with Crippen molar-refractivity contribution in [1.82, 2.24) is 19.5 Å². The van der Waals surface area contributed by atoms with E-state index in [2.05, 4.69) is 150 Å². The number of hydrogen-bond acceptors (Lipinski definition) is 3. The first-order valence-electron chi connectivity index (χ1n) is 17.2. The Morgan fingerprint density at radius 2 is 0.902 bits per heavy atom. The highest BCUT2D eigenvalue weighted by atomic mass is 15.0. The van der Waals surface area contributed by atoms with Crippen molar-refractivity contribution in [2.45, 2.75) is 0 Å². The second-order valence-corrected chi connectivity index (χ2v) is 12.9. The molecule has 10 rings (SSSR count). The molecule has 0 bridgehead atoms. The van der Waals surface area contributed by atoms with Crippen molar-refractivity contribution in [3.05, 3.63) is 182 Å². The van der Waals surface area contributed by atoms with E-state index in [0.29, 0.717) is 5.82 Å². The fraction of sp³-hybridized carbons (Fsp3) is 0. The Bertz CT molecular complexity index is 2820. The third-order valence-corrected chi connectivity index (χ3v) is 9.79. The maximum absolute atomic E-state index is 5.31. The minimum Gasteiger partial charge on any atom is -0.309 e. The second-order valence-electron chi connectivity index (χ2n) is 12.9. The van der Waals surface area contributed by atoms with Crippen LogP contribution in [0.2, 0.25) is 0 Å². The molecule has 0 saturated heterocycles. The van der Waals surface area contributed by atoms with Gasteiger partial charge in [-0.15, -0.1) is 0 Å². The van der Waals surface area contributed by atoms with Crippen LogP contribution in [0.1, 0.15) is 0 Å². The molecule has 51 heavy (non-hydrogen) atoms. The van der Waals surface area contributed by atoms with E-state index in [9.17, 15) is 0 Å². The number of rotatable bonds is 5. The SMILES string of the molecule is c1ccc(-c2cc(-c3ccccc3)nc(-c3ccc(-c4nc5ccccc5c5cc6c7ccccc7n(-c7ccccc7)c6cc45)cc3)n2)cc1. The Labute approximate surface area is 295 Å². The first-order chi connectivity index (χ1) is 25.3. The molecule has 238 valence electrons. The van der Waals surface area contributed by atoms with Crippen LogP contribution in [0.5, 0.6) is 0 Å². The lowest BCUT2D eigenvalue weighted by atomic mass is 9.97. The standard InChI is InChI=1S/C47H30N4/c1-4-14-31(15-5-1)42-30-43(32-16-6-2-7-17-32)50-47(49-42)34-26-24-33(25-27-34)46-40-29-45-39(28-38(40)36-20-10-12-22-41(36)48-46)37-21-11-13-23-44(37)51(45)35-18-8-3-9-19-35/h1-30H. The maximum atomic E-state index is 5.31. The summed E-state index contributed by atoms with van der Waals surface area (Å²) in [6, 6.07) is 63.7. The number of hydrogen-bond donors (Lipinski definition) is 0. The van der Waals surface area contributed by atoms with E-state index in [-0.39, 0.29) is 0 Å². The lowest BCUT2D eigenvalue weighted by molar-refractivity contribution is 1.18. The molecule has 7 aromatic carbocycles. The average molecular weight is 651 g/mol. The van der Waals surface area contributed by atoms with E-state index in [1.165, 1.54) is 21.7 Å². The van der Waals surface area contributed by atoms with Crippen LogP contribution >= 0.6 is 0 Å². The van der Waals surface area contributed by atoms with Crippen LogP contribution in [0.15, 0.2) is 182 Å². The van der Waals surface area contributed by atoms with E-state index in [1.807, 2.05) is 36.4 Å². The van der Waals surface area contributed by atoms with Crippen LogP contribution in [0.3, 0.4) is 0 Å². The first kappa shape index (κ1) is 29.0. The van der Waals surface area contributed by atoms with E-state index in [4.69, 9.17) is 15.0 Å². The molecule has 0 unspecified atom stereocenters. The zero-order valence-corrected chi connectivity index (χ0v) is 27.6. The minimum absolute atomic E-state index is 0.687. The van der Waals surface area contributed by atoms with Crippen molar-refractivity contribution in [3.63, 3.8) is 0 Å². The molecule has 4 nitrogen and oxygen atoms in total. The summed E-state index contributed by atoms with van der Waals surface area (Å²) in [5.41, 5.74) is 11.3. The third kappa shape index (κ3) is 4.96. The number of para-hydroxylation sites is 3. The Hall–Kier alpha value is -6.91. The number of nitrogens with zero attached hydrogens (tertiary/aromatic N) is 4. The van der Waals surface area contributed by atoms with Crippen LogP contribution in [0, 0.1) is 0 Å². The number of pyridine rings is 1. The van der Waals surface area contributed by atoms with Crippen LogP contribution in [0.4, 0.5) is 0 Å². The molecule has 0 atom stereocenters. The van der Waals surface area contributed by atoms with E-state index < -0.39 is 0 Å². The Balaban J connectivity index is 1.17. The molecule has 3 aromatic heterocycles. The summed E-state index contributed by atoms with van der Waals surface area (Å²) in [5, 5.41) is 5.91. The maximum Gasteiger partial charge on any atom is 0.160 e. The number of fused-ring (bicyclic) bond motifs is 6. The molecule has 0 amide bonds. The Morgan fingerprint density at radius 3 is 1.59 bits per heavy atom. The fourth-order valence-corrected chi connectivity index (χ4v) is 7.36. The Kier molecular flexibility index (Phi) is 6.78. The van der Waals surface area contributed by atoms with Crippen molar-refractivity contribution >= 4 is 43.5 Å². The molecule has 0 aliphatic heterocycles. The summed E-state index contributed by atoms with van der Waals surface area (Å²) in [7, 11) is 0. The van der Waals surface area contributed by atoms with E-state index >= 15 is 0 Å². The molecule has 4 heteroatoms. The van der Waals surface area contributed by atoms with Gasteiger partial charge in [0.2, 0.25) is 0 Å². The molecule has 3 heterocycles.